The molecule has 0 N–H and O–H groups in total. The zero-order valence-corrected chi connectivity index (χ0v) is 11.1. The molecule has 0 saturated carbocycles. The molecule has 0 saturated heterocycles. The standard InChI is InChI=1S/C10H10ClF2NO3S/c1-3-14(2)10(15)7-4-6(12)5-8(9(7)13)18(11,16)17/h4-5H,3H2,1-2H3. The highest BCUT2D eigenvalue weighted by molar-refractivity contribution is 8.13. The van der Waals surface area contributed by atoms with Gasteiger partial charge in [0.05, 0.1) is 5.56 Å². The minimum Gasteiger partial charge on any atom is -0.342 e. The molecule has 1 aromatic rings. The average Bonchev–Trinajstić information content (AvgIpc) is 2.28. The van der Waals surface area contributed by atoms with Crippen LogP contribution in [0, 0.1) is 11.6 Å². The molecule has 0 aliphatic rings. The van der Waals surface area contributed by atoms with Crippen molar-refractivity contribution in [3.05, 3.63) is 29.3 Å². The Morgan fingerprint density at radius 3 is 2.39 bits per heavy atom. The molecule has 0 atom stereocenters. The highest BCUT2D eigenvalue weighted by Crippen LogP contribution is 2.24. The predicted molar refractivity (Wildman–Crippen MR) is 62.0 cm³/mol. The normalized spacial score (nSPS) is 11.4. The molecule has 0 fully saturated rings. The van der Waals surface area contributed by atoms with Gasteiger partial charge in [-0.25, -0.2) is 17.2 Å². The van der Waals surface area contributed by atoms with Crippen molar-refractivity contribution in [3.63, 3.8) is 0 Å². The lowest BCUT2D eigenvalue weighted by Crippen LogP contribution is -2.27. The summed E-state index contributed by atoms with van der Waals surface area (Å²) in [5.41, 5.74) is -0.668. The van der Waals surface area contributed by atoms with Gasteiger partial charge in [-0.3, -0.25) is 4.79 Å². The first-order valence-corrected chi connectivity index (χ1v) is 7.18. The van der Waals surface area contributed by atoms with Crippen LogP contribution in [0.15, 0.2) is 17.0 Å². The summed E-state index contributed by atoms with van der Waals surface area (Å²) in [5.74, 6) is -3.23. The molecule has 0 aliphatic heterocycles. The second-order valence-corrected chi connectivity index (χ2v) is 6.06. The first-order valence-electron chi connectivity index (χ1n) is 4.87. The topological polar surface area (TPSA) is 54.5 Å². The second-order valence-electron chi connectivity index (χ2n) is 3.52. The highest BCUT2D eigenvalue weighted by Gasteiger charge is 2.25. The molecular weight excluding hydrogens is 288 g/mol. The Bertz CT molecular complexity index is 589. The van der Waals surface area contributed by atoms with Gasteiger partial charge in [0.2, 0.25) is 0 Å². The lowest BCUT2D eigenvalue weighted by molar-refractivity contribution is 0.0796. The van der Waals surface area contributed by atoms with Gasteiger partial charge in [0.25, 0.3) is 15.0 Å². The largest absolute Gasteiger partial charge is 0.342 e. The Hall–Kier alpha value is -1.21. The van der Waals surface area contributed by atoms with E-state index in [4.69, 9.17) is 10.7 Å². The van der Waals surface area contributed by atoms with E-state index < -0.39 is 37.1 Å². The van der Waals surface area contributed by atoms with Crippen molar-refractivity contribution in [3.8, 4) is 0 Å². The van der Waals surface area contributed by atoms with Crippen LogP contribution in [0.5, 0.6) is 0 Å². The van der Waals surface area contributed by atoms with E-state index in [1.165, 1.54) is 7.05 Å². The van der Waals surface area contributed by atoms with Crippen molar-refractivity contribution in [1.82, 2.24) is 4.90 Å². The summed E-state index contributed by atoms with van der Waals surface area (Å²) in [6.07, 6.45) is 0. The number of rotatable bonds is 3. The lowest BCUT2D eigenvalue weighted by Gasteiger charge is -2.15. The van der Waals surface area contributed by atoms with Gasteiger partial charge in [0, 0.05) is 24.3 Å². The Balaban J connectivity index is 3.48. The Morgan fingerprint density at radius 1 is 1.39 bits per heavy atom. The summed E-state index contributed by atoms with van der Waals surface area (Å²) in [5, 5.41) is 0. The number of nitrogens with zero attached hydrogens (tertiary/aromatic N) is 1. The number of carbonyl (C=O) groups is 1. The fourth-order valence-electron chi connectivity index (χ4n) is 1.25. The Morgan fingerprint density at radius 2 is 1.94 bits per heavy atom. The summed E-state index contributed by atoms with van der Waals surface area (Å²) < 4.78 is 49.1. The molecule has 0 heterocycles. The molecule has 0 aliphatic carbocycles. The minimum atomic E-state index is -4.46. The van der Waals surface area contributed by atoms with E-state index in [0.717, 1.165) is 4.90 Å². The fourth-order valence-corrected chi connectivity index (χ4v) is 2.16. The average molecular weight is 298 g/mol. The zero-order chi connectivity index (χ0) is 14.1. The van der Waals surface area contributed by atoms with Crippen LogP contribution in [0.25, 0.3) is 0 Å². The molecule has 1 amide bonds. The maximum absolute atomic E-state index is 13.8. The Labute approximate surface area is 108 Å². The van der Waals surface area contributed by atoms with E-state index in [2.05, 4.69) is 0 Å². The number of halogens is 3. The molecule has 0 radical (unpaired) electrons. The van der Waals surface area contributed by atoms with Crippen LogP contribution in [0.2, 0.25) is 0 Å². The number of benzene rings is 1. The summed E-state index contributed by atoms with van der Waals surface area (Å²) in [6, 6.07) is 1.07. The first kappa shape index (κ1) is 14.8. The maximum atomic E-state index is 13.8. The van der Waals surface area contributed by atoms with Crippen molar-refractivity contribution in [1.29, 1.82) is 0 Å². The quantitative estimate of drug-likeness (QED) is 0.802. The number of hydrogen-bond donors (Lipinski definition) is 0. The molecule has 8 heteroatoms. The van der Waals surface area contributed by atoms with Crippen LogP contribution < -0.4 is 0 Å². The van der Waals surface area contributed by atoms with Gasteiger partial charge < -0.3 is 4.90 Å². The molecule has 0 unspecified atom stereocenters. The predicted octanol–water partition coefficient (Wildman–Crippen LogP) is 1.98. The van der Waals surface area contributed by atoms with Crippen molar-refractivity contribution < 1.29 is 22.0 Å². The summed E-state index contributed by atoms with van der Waals surface area (Å²) in [6.45, 7) is 1.89. The van der Waals surface area contributed by atoms with Crippen LogP contribution in [-0.2, 0) is 9.05 Å². The van der Waals surface area contributed by atoms with Gasteiger partial charge in [-0.15, -0.1) is 0 Å². The van der Waals surface area contributed by atoms with Crippen LogP contribution >= 0.6 is 10.7 Å². The number of hydrogen-bond acceptors (Lipinski definition) is 3. The van der Waals surface area contributed by atoms with Crippen molar-refractivity contribution in [2.24, 2.45) is 0 Å². The van der Waals surface area contributed by atoms with E-state index in [1.807, 2.05) is 0 Å². The molecule has 1 rings (SSSR count). The van der Waals surface area contributed by atoms with Gasteiger partial charge in [0.1, 0.15) is 10.7 Å². The van der Waals surface area contributed by atoms with E-state index in [9.17, 15) is 22.0 Å². The molecular formula is C10H10ClF2NO3S. The maximum Gasteiger partial charge on any atom is 0.264 e. The lowest BCUT2D eigenvalue weighted by atomic mass is 10.2. The molecule has 0 spiro atoms. The van der Waals surface area contributed by atoms with E-state index in [0.29, 0.717) is 12.1 Å². The monoisotopic (exact) mass is 297 g/mol. The fraction of sp³-hybridized carbons (Fsp3) is 0.300. The molecule has 0 bridgehead atoms. The van der Waals surface area contributed by atoms with Gasteiger partial charge in [0.15, 0.2) is 5.82 Å². The second kappa shape index (κ2) is 5.19. The summed E-state index contributed by atoms with van der Waals surface area (Å²) >= 11 is 0. The van der Waals surface area contributed by atoms with Crippen LogP contribution in [-0.4, -0.2) is 32.8 Å². The summed E-state index contributed by atoms with van der Waals surface area (Å²) in [7, 11) is 1.89. The molecule has 18 heavy (non-hydrogen) atoms. The van der Waals surface area contributed by atoms with Crippen LogP contribution in [0.4, 0.5) is 8.78 Å². The van der Waals surface area contributed by atoms with E-state index >= 15 is 0 Å². The van der Waals surface area contributed by atoms with Crippen LogP contribution in [0.3, 0.4) is 0 Å². The zero-order valence-electron chi connectivity index (χ0n) is 9.58. The van der Waals surface area contributed by atoms with Crippen LogP contribution in [0.1, 0.15) is 17.3 Å². The number of amides is 1. The molecule has 4 nitrogen and oxygen atoms in total. The van der Waals surface area contributed by atoms with Crippen molar-refractivity contribution in [2.75, 3.05) is 13.6 Å². The van der Waals surface area contributed by atoms with Gasteiger partial charge in [-0.05, 0) is 19.1 Å². The van der Waals surface area contributed by atoms with E-state index in [-0.39, 0.29) is 6.54 Å². The highest BCUT2D eigenvalue weighted by atomic mass is 35.7. The SMILES string of the molecule is CCN(C)C(=O)c1cc(F)cc(S(=O)(=O)Cl)c1F. The molecule has 1 aromatic carbocycles. The summed E-state index contributed by atoms with van der Waals surface area (Å²) in [4.78, 5) is 11.8. The third kappa shape index (κ3) is 2.97. The third-order valence-electron chi connectivity index (χ3n) is 2.32. The third-order valence-corrected chi connectivity index (χ3v) is 3.64. The van der Waals surface area contributed by atoms with Crippen molar-refractivity contribution in [2.45, 2.75) is 11.8 Å². The van der Waals surface area contributed by atoms with Gasteiger partial charge in [-0.1, -0.05) is 0 Å². The van der Waals surface area contributed by atoms with Gasteiger partial charge in [-0.2, -0.15) is 0 Å². The minimum absolute atomic E-state index is 0.262. The number of carbonyl (C=O) groups excluding carboxylic acids is 1. The first-order chi connectivity index (χ1) is 8.18. The van der Waals surface area contributed by atoms with E-state index in [1.54, 1.807) is 6.92 Å². The molecule has 0 aromatic heterocycles. The van der Waals surface area contributed by atoms with Crippen molar-refractivity contribution >= 4 is 25.6 Å². The Kier molecular flexibility index (Phi) is 4.28. The smallest absolute Gasteiger partial charge is 0.264 e. The van der Waals surface area contributed by atoms with Gasteiger partial charge >= 0.3 is 0 Å². The molecule has 100 valence electrons.